The third-order valence-electron chi connectivity index (χ3n) is 3.56. The molecule has 0 bridgehead atoms. The first-order valence-corrected chi connectivity index (χ1v) is 8.39. The van der Waals surface area contributed by atoms with Gasteiger partial charge in [-0.1, -0.05) is 30.3 Å². The van der Waals surface area contributed by atoms with Crippen LogP contribution in [-0.4, -0.2) is 50.6 Å². The molecule has 0 fully saturated rings. The highest BCUT2D eigenvalue weighted by molar-refractivity contribution is 5.91. The van der Waals surface area contributed by atoms with Crippen LogP contribution in [0.2, 0.25) is 0 Å². The molecule has 0 aliphatic heterocycles. The van der Waals surface area contributed by atoms with Crippen LogP contribution in [0.5, 0.6) is 5.75 Å². The van der Waals surface area contributed by atoms with Crippen molar-refractivity contribution in [3.05, 3.63) is 60.2 Å². The van der Waals surface area contributed by atoms with E-state index >= 15 is 0 Å². The second-order valence-corrected chi connectivity index (χ2v) is 5.92. The highest BCUT2D eigenvalue weighted by atomic mass is 16.5. The van der Waals surface area contributed by atoms with Crippen molar-refractivity contribution in [2.24, 2.45) is 0 Å². The van der Waals surface area contributed by atoms with Crippen LogP contribution in [0.4, 0.5) is 5.69 Å². The lowest BCUT2D eigenvalue weighted by molar-refractivity contribution is -0.128. The van der Waals surface area contributed by atoms with E-state index in [1.54, 1.807) is 31.1 Å². The molecule has 0 unspecified atom stereocenters. The number of benzene rings is 2. The molecule has 138 valence electrons. The summed E-state index contributed by atoms with van der Waals surface area (Å²) in [4.78, 5) is 25.1. The van der Waals surface area contributed by atoms with Crippen LogP contribution < -0.4 is 10.1 Å². The molecule has 0 heterocycles. The molecule has 0 radical (unpaired) electrons. The van der Waals surface area contributed by atoms with Crippen molar-refractivity contribution >= 4 is 17.5 Å². The smallest absolute Gasteiger partial charge is 0.250 e. The summed E-state index contributed by atoms with van der Waals surface area (Å²) in [6.07, 6.45) is 0.339. The number of carbonyl (C=O) groups is 2. The molecule has 2 rings (SSSR count). The zero-order valence-electron chi connectivity index (χ0n) is 15.1. The second kappa shape index (κ2) is 10.2. The predicted molar refractivity (Wildman–Crippen MR) is 100 cm³/mol. The molecule has 2 amide bonds. The number of nitrogens with zero attached hydrogens (tertiary/aromatic N) is 1. The second-order valence-electron chi connectivity index (χ2n) is 5.92. The van der Waals surface area contributed by atoms with Gasteiger partial charge in [0, 0.05) is 19.8 Å². The Bertz CT molecular complexity index is 700. The number of anilines is 1. The first-order valence-electron chi connectivity index (χ1n) is 8.39. The van der Waals surface area contributed by atoms with Gasteiger partial charge in [-0.05, 0) is 29.8 Å². The van der Waals surface area contributed by atoms with E-state index in [0.717, 1.165) is 11.3 Å². The van der Waals surface area contributed by atoms with Gasteiger partial charge in [-0.25, -0.2) is 0 Å². The Labute approximate surface area is 153 Å². The van der Waals surface area contributed by atoms with Crippen LogP contribution in [0.15, 0.2) is 54.6 Å². The predicted octanol–water partition coefficient (Wildman–Crippen LogP) is 2.35. The van der Waals surface area contributed by atoms with Gasteiger partial charge in [-0.15, -0.1) is 0 Å². The van der Waals surface area contributed by atoms with Crippen LogP contribution in [-0.2, 0) is 20.7 Å². The Balaban J connectivity index is 1.65. The Morgan fingerprint density at radius 2 is 1.65 bits per heavy atom. The van der Waals surface area contributed by atoms with Gasteiger partial charge in [-0.2, -0.15) is 0 Å². The molecule has 0 aromatic heterocycles. The minimum Gasteiger partial charge on any atom is -0.491 e. The fraction of sp³-hybridized carbons (Fsp3) is 0.300. The molecule has 26 heavy (non-hydrogen) atoms. The molecule has 0 aliphatic rings. The van der Waals surface area contributed by atoms with Gasteiger partial charge in [0.05, 0.1) is 13.0 Å². The molecular formula is C20H24N2O4. The van der Waals surface area contributed by atoms with E-state index in [-0.39, 0.29) is 18.4 Å². The van der Waals surface area contributed by atoms with Crippen molar-refractivity contribution in [2.45, 2.75) is 6.42 Å². The molecule has 2 aromatic carbocycles. The molecular weight excluding hydrogens is 332 g/mol. The molecule has 2 aromatic rings. The molecule has 1 N–H and O–H groups in total. The van der Waals surface area contributed by atoms with Gasteiger partial charge in [0.1, 0.15) is 19.0 Å². The lowest BCUT2D eigenvalue weighted by Gasteiger charge is -2.11. The summed E-state index contributed by atoms with van der Waals surface area (Å²) < 4.78 is 10.8. The normalized spacial score (nSPS) is 10.2. The number of hydrogen-bond donors (Lipinski definition) is 1. The van der Waals surface area contributed by atoms with Crippen LogP contribution in [0.1, 0.15) is 5.56 Å². The topological polar surface area (TPSA) is 67.9 Å². The number of amides is 2. The number of likely N-dealkylation sites (N-methyl/N-ethyl adjacent to an activating group) is 1. The maximum atomic E-state index is 11.9. The largest absolute Gasteiger partial charge is 0.491 e. The maximum absolute atomic E-state index is 11.9. The first kappa shape index (κ1) is 19.5. The highest BCUT2D eigenvalue weighted by Crippen LogP contribution is 2.11. The van der Waals surface area contributed by atoms with Crippen molar-refractivity contribution < 1.29 is 19.1 Å². The number of hydrogen-bond acceptors (Lipinski definition) is 4. The molecule has 0 saturated heterocycles. The summed E-state index contributed by atoms with van der Waals surface area (Å²) in [5, 5.41) is 2.75. The van der Waals surface area contributed by atoms with Gasteiger partial charge >= 0.3 is 0 Å². The Morgan fingerprint density at radius 3 is 2.31 bits per heavy atom. The van der Waals surface area contributed by atoms with Gasteiger partial charge < -0.3 is 19.7 Å². The van der Waals surface area contributed by atoms with Gasteiger partial charge in [0.15, 0.2) is 0 Å². The number of nitrogens with one attached hydrogen (secondary N) is 1. The third-order valence-corrected chi connectivity index (χ3v) is 3.56. The lowest BCUT2D eigenvalue weighted by atomic mass is 10.1. The number of carbonyl (C=O) groups excluding carboxylic acids is 2. The average Bonchev–Trinajstić information content (AvgIpc) is 2.64. The van der Waals surface area contributed by atoms with Crippen LogP contribution in [0.25, 0.3) is 0 Å². The summed E-state index contributed by atoms with van der Waals surface area (Å²) >= 11 is 0. The molecule has 0 atom stereocenters. The minimum absolute atomic E-state index is 0.0351. The Kier molecular flexibility index (Phi) is 7.64. The highest BCUT2D eigenvalue weighted by Gasteiger charge is 2.06. The van der Waals surface area contributed by atoms with E-state index in [9.17, 15) is 9.59 Å². The van der Waals surface area contributed by atoms with Crippen LogP contribution in [0, 0.1) is 0 Å². The summed E-state index contributed by atoms with van der Waals surface area (Å²) in [7, 11) is 3.45. The summed E-state index contributed by atoms with van der Waals surface area (Å²) in [5.74, 6) is 0.572. The van der Waals surface area contributed by atoms with E-state index in [0.29, 0.717) is 25.3 Å². The molecule has 0 spiro atoms. The summed E-state index contributed by atoms with van der Waals surface area (Å²) in [6.45, 7) is 0.665. The van der Waals surface area contributed by atoms with Gasteiger partial charge in [0.2, 0.25) is 11.8 Å². The number of para-hydroxylation sites is 1. The average molecular weight is 356 g/mol. The zero-order valence-corrected chi connectivity index (χ0v) is 15.1. The van der Waals surface area contributed by atoms with Crippen LogP contribution in [0.3, 0.4) is 0 Å². The van der Waals surface area contributed by atoms with Crippen molar-refractivity contribution in [2.75, 3.05) is 39.2 Å². The summed E-state index contributed by atoms with van der Waals surface area (Å²) in [5.41, 5.74) is 1.57. The van der Waals surface area contributed by atoms with E-state index in [4.69, 9.17) is 9.47 Å². The number of rotatable bonds is 9. The van der Waals surface area contributed by atoms with Gasteiger partial charge in [-0.3, -0.25) is 9.59 Å². The molecule has 0 saturated carbocycles. The molecule has 6 nitrogen and oxygen atoms in total. The molecule has 0 aliphatic carbocycles. The Hall–Kier alpha value is -2.86. The summed E-state index contributed by atoms with van der Waals surface area (Å²) in [6, 6.07) is 16.6. The van der Waals surface area contributed by atoms with Gasteiger partial charge in [0.25, 0.3) is 0 Å². The quantitative estimate of drug-likeness (QED) is 0.701. The van der Waals surface area contributed by atoms with Crippen LogP contribution >= 0.6 is 0 Å². The first-order chi connectivity index (χ1) is 12.5. The van der Waals surface area contributed by atoms with Crippen molar-refractivity contribution in [1.82, 2.24) is 4.90 Å². The van der Waals surface area contributed by atoms with E-state index in [1.807, 2.05) is 42.5 Å². The minimum atomic E-state index is -0.234. The lowest BCUT2D eigenvalue weighted by Crippen LogP contribution is -2.23. The fourth-order valence-corrected chi connectivity index (χ4v) is 2.14. The fourth-order valence-electron chi connectivity index (χ4n) is 2.14. The standard InChI is InChI=1S/C20H24N2O4/c1-22(2)20(24)14-16-8-10-17(11-9-16)21-19(23)15-25-12-13-26-18-6-4-3-5-7-18/h3-11H,12-15H2,1-2H3,(H,21,23). The van der Waals surface area contributed by atoms with Crippen molar-refractivity contribution in [3.8, 4) is 5.75 Å². The van der Waals surface area contributed by atoms with Crippen molar-refractivity contribution in [1.29, 1.82) is 0 Å². The molecule has 6 heteroatoms. The SMILES string of the molecule is CN(C)C(=O)Cc1ccc(NC(=O)COCCOc2ccccc2)cc1. The Morgan fingerprint density at radius 1 is 0.962 bits per heavy atom. The van der Waals surface area contributed by atoms with E-state index < -0.39 is 0 Å². The van der Waals surface area contributed by atoms with Crippen molar-refractivity contribution in [3.63, 3.8) is 0 Å². The number of ether oxygens (including phenoxy) is 2. The zero-order chi connectivity index (χ0) is 18.8. The van der Waals surface area contributed by atoms with E-state index in [2.05, 4.69) is 5.32 Å². The maximum Gasteiger partial charge on any atom is 0.250 e. The third kappa shape index (κ3) is 6.94. The van der Waals surface area contributed by atoms with E-state index in [1.165, 1.54) is 0 Å². The monoisotopic (exact) mass is 356 g/mol.